The Kier molecular flexibility index (Phi) is 11.4. The van der Waals surface area contributed by atoms with Gasteiger partial charge in [0.05, 0.1) is 13.2 Å². The summed E-state index contributed by atoms with van der Waals surface area (Å²) in [5.41, 5.74) is 0. The maximum absolute atomic E-state index is 10.6. The average molecular weight is 326 g/mol. The van der Waals surface area contributed by atoms with Crippen molar-refractivity contribution in [2.45, 2.75) is 32.2 Å². The highest BCUT2D eigenvalue weighted by Crippen LogP contribution is 2.07. The highest BCUT2D eigenvalue weighted by atomic mass is 16.6. The van der Waals surface area contributed by atoms with E-state index in [1.807, 2.05) is 0 Å². The normalized spacial score (nSPS) is 12.5. The van der Waals surface area contributed by atoms with E-state index in [9.17, 15) is 19.2 Å². The van der Waals surface area contributed by atoms with Gasteiger partial charge in [0.15, 0.2) is 0 Å². The first kappa shape index (κ1) is 22.0. The molecular formula is C11H18O11. The molecule has 11 nitrogen and oxygen atoms in total. The molecule has 11 heteroatoms. The van der Waals surface area contributed by atoms with Gasteiger partial charge >= 0.3 is 23.9 Å². The first-order chi connectivity index (χ1) is 10.1. The number of carboxylic acids is 2. The molecule has 0 aromatic rings. The van der Waals surface area contributed by atoms with Gasteiger partial charge in [-0.2, -0.15) is 0 Å². The van der Waals surface area contributed by atoms with Gasteiger partial charge in [-0.3, -0.25) is 9.59 Å². The van der Waals surface area contributed by atoms with Gasteiger partial charge in [-0.25, -0.2) is 9.59 Å². The van der Waals surface area contributed by atoms with Crippen LogP contribution in [-0.4, -0.2) is 80.9 Å². The van der Waals surface area contributed by atoms with Crippen LogP contribution >= 0.6 is 0 Å². The quantitative estimate of drug-likeness (QED) is 0.307. The minimum Gasteiger partial charge on any atom is -0.478 e. The molecule has 0 saturated carbocycles. The second-order valence-electron chi connectivity index (χ2n) is 3.76. The number of hydrogen-bond donors (Lipinski definition) is 5. The summed E-state index contributed by atoms with van der Waals surface area (Å²) in [6, 6.07) is 0. The smallest absolute Gasteiger partial charge is 0.349 e. The molecule has 2 atom stereocenters. The predicted octanol–water partition coefficient (Wildman–Crippen LogP) is -2.65. The molecule has 0 fully saturated rings. The Bertz CT molecular complexity index is 355. The number of aliphatic hydroxyl groups is 3. The third-order valence-corrected chi connectivity index (χ3v) is 1.77. The molecule has 0 aromatic carbocycles. The van der Waals surface area contributed by atoms with Gasteiger partial charge in [0, 0.05) is 13.8 Å². The number of hydrogen-bond acceptors (Lipinski definition) is 9. The Labute approximate surface area is 124 Å². The summed E-state index contributed by atoms with van der Waals surface area (Å²) < 4.78 is 8.48. The molecule has 0 spiro atoms. The van der Waals surface area contributed by atoms with Crippen LogP contribution in [0.15, 0.2) is 0 Å². The van der Waals surface area contributed by atoms with Crippen molar-refractivity contribution >= 4 is 23.9 Å². The molecule has 0 aromatic heterocycles. The first-order valence-electron chi connectivity index (χ1n) is 5.76. The molecule has 2 unspecified atom stereocenters. The van der Waals surface area contributed by atoms with Crippen LogP contribution in [0, 0.1) is 0 Å². The van der Waals surface area contributed by atoms with E-state index in [1.165, 1.54) is 0 Å². The number of ether oxygens (including phenoxy) is 2. The van der Waals surface area contributed by atoms with Crippen LogP contribution in [0.3, 0.4) is 0 Å². The Morgan fingerprint density at radius 1 is 0.818 bits per heavy atom. The largest absolute Gasteiger partial charge is 0.478 e. The molecule has 0 amide bonds. The highest BCUT2D eigenvalue weighted by Gasteiger charge is 2.39. The minimum absolute atomic E-state index is 0.365. The number of carbonyl (C=O) groups is 4. The second-order valence-corrected chi connectivity index (χ2v) is 3.76. The molecule has 0 saturated heterocycles. The fraction of sp³-hybridized carbons (Fsp3) is 0.636. The van der Waals surface area contributed by atoms with Gasteiger partial charge in [0.2, 0.25) is 12.2 Å². The van der Waals surface area contributed by atoms with E-state index in [-0.39, 0.29) is 13.2 Å². The van der Waals surface area contributed by atoms with Crippen LogP contribution in [-0.2, 0) is 28.7 Å². The summed E-state index contributed by atoms with van der Waals surface area (Å²) in [5.74, 6) is -5.43. The van der Waals surface area contributed by atoms with E-state index in [4.69, 9.17) is 25.5 Å². The summed E-state index contributed by atoms with van der Waals surface area (Å²) >= 11 is 0. The molecule has 128 valence electrons. The molecule has 0 aliphatic carbocycles. The van der Waals surface area contributed by atoms with E-state index in [0.29, 0.717) is 0 Å². The van der Waals surface area contributed by atoms with E-state index in [0.717, 1.165) is 13.8 Å². The zero-order chi connectivity index (χ0) is 17.9. The van der Waals surface area contributed by atoms with Gasteiger partial charge in [0.25, 0.3) is 0 Å². The highest BCUT2D eigenvalue weighted by molar-refractivity contribution is 5.87. The molecule has 0 heterocycles. The molecule has 0 bridgehead atoms. The van der Waals surface area contributed by atoms with Crippen molar-refractivity contribution in [3.63, 3.8) is 0 Å². The third kappa shape index (κ3) is 10.5. The van der Waals surface area contributed by atoms with Crippen molar-refractivity contribution in [2.75, 3.05) is 13.2 Å². The lowest BCUT2D eigenvalue weighted by atomic mass is 10.2. The van der Waals surface area contributed by atoms with Gasteiger partial charge < -0.3 is 35.0 Å². The summed E-state index contributed by atoms with van der Waals surface area (Å²) in [5, 5.41) is 41.3. The summed E-state index contributed by atoms with van der Waals surface area (Å²) in [6.07, 6.45) is -5.09. The van der Waals surface area contributed by atoms with Crippen LogP contribution < -0.4 is 0 Å². The number of esters is 2. The molecule has 5 N–H and O–H groups in total. The lowest BCUT2D eigenvalue weighted by molar-refractivity contribution is -0.185. The summed E-state index contributed by atoms with van der Waals surface area (Å²) in [7, 11) is 0. The summed E-state index contributed by atoms with van der Waals surface area (Å²) in [6.45, 7) is 1.08. The van der Waals surface area contributed by atoms with Crippen LogP contribution in [0.4, 0.5) is 0 Å². The first-order valence-corrected chi connectivity index (χ1v) is 5.76. The maximum Gasteiger partial charge on any atom is 0.349 e. The van der Waals surface area contributed by atoms with Crippen molar-refractivity contribution in [3.05, 3.63) is 0 Å². The predicted molar refractivity (Wildman–Crippen MR) is 66.6 cm³/mol. The fourth-order valence-electron chi connectivity index (χ4n) is 0.899. The third-order valence-electron chi connectivity index (χ3n) is 1.77. The second kappa shape index (κ2) is 11.4. The molecule has 0 radical (unpaired) electrons. The van der Waals surface area contributed by atoms with E-state index >= 15 is 0 Å². The average Bonchev–Trinajstić information content (AvgIpc) is 2.41. The van der Waals surface area contributed by atoms with E-state index in [2.05, 4.69) is 9.47 Å². The monoisotopic (exact) mass is 326 g/mol. The molecule has 22 heavy (non-hydrogen) atoms. The Morgan fingerprint density at radius 3 is 1.18 bits per heavy atom. The Hall–Kier alpha value is -2.24. The van der Waals surface area contributed by atoms with Crippen LogP contribution in [0.1, 0.15) is 13.8 Å². The number of rotatable bonds is 7. The van der Waals surface area contributed by atoms with Crippen molar-refractivity contribution in [2.24, 2.45) is 0 Å². The number of aliphatic hydroxyl groups excluding tert-OH is 3. The Morgan fingerprint density at radius 2 is 1.09 bits per heavy atom. The number of carboxylic acid groups (broad SMARTS) is 2. The van der Waals surface area contributed by atoms with Crippen molar-refractivity contribution in [1.82, 2.24) is 0 Å². The van der Waals surface area contributed by atoms with Gasteiger partial charge in [-0.1, -0.05) is 0 Å². The number of carbonyl (C=O) groups excluding carboxylic acids is 2. The van der Waals surface area contributed by atoms with Crippen LogP contribution in [0.5, 0.6) is 0 Å². The Balaban J connectivity index is 0. The SMILES string of the molecule is CC(=O)OC(C(=O)O)C(OC(C)=O)C(=O)O.OCC(O)CO. The minimum atomic E-state index is -2.07. The molecule has 0 rings (SSSR count). The topological polar surface area (TPSA) is 188 Å². The lowest BCUT2D eigenvalue weighted by Crippen LogP contribution is -2.45. The summed E-state index contributed by atoms with van der Waals surface area (Å²) in [4.78, 5) is 42.4. The maximum atomic E-state index is 10.6. The van der Waals surface area contributed by atoms with Gasteiger partial charge in [-0.05, 0) is 0 Å². The van der Waals surface area contributed by atoms with Crippen molar-refractivity contribution < 1.29 is 54.2 Å². The van der Waals surface area contributed by atoms with E-state index < -0.39 is 42.2 Å². The van der Waals surface area contributed by atoms with E-state index in [1.54, 1.807) is 0 Å². The zero-order valence-corrected chi connectivity index (χ0v) is 11.8. The molecular weight excluding hydrogens is 308 g/mol. The molecule has 0 aliphatic heterocycles. The lowest BCUT2D eigenvalue weighted by Gasteiger charge is -2.19. The fourth-order valence-corrected chi connectivity index (χ4v) is 0.899. The zero-order valence-electron chi connectivity index (χ0n) is 11.8. The van der Waals surface area contributed by atoms with Gasteiger partial charge in [-0.15, -0.1) is 0 Å². The standard InChI is InChI=1S/C8H10O8.C3H8O3/c1-3(9)15-5(7(11)12)6(8(13)14)16-4(2)10;4-1-3(6)2-5/h5-6H,1-2H3,(H,11,12)(H,13,14);3-6H,1-2H2. The van der Waals surface area contributed by atoms with Crippen LogP contribution in [0.25, 0.3) is 0 Å². The van der Waals surface area contributed by atoms with Gasteiger partial charge in [0.1, 0.15) is 6.10 Å². The van der Waals surface area contributed by atoms with Crippen molar-refractivity contribution in [3.8, 4) is 0 Å². The van der Waals surface area contributed by atoms with Crippen LogP contribution in [0.2, 0.25) is 0 Å². The molecule has 0 aliphatic rings. The number of aliphatic carboxylic acids is 2. The van der Waals surface area contributed by atoms with Crippen molar-refractivity contribution in [1.29, 1.82) is 0 Å².